The number of hydrogen-bond donors (Lipinski definition) is 1. The fourth-order valence-electron chi connectivity index (χ4n) is 1.67. The number of aryl methyl sites for hydroxylation is 1. The van der Waals surface area contributed by atoms with E-state index in [2.05, 4.69) is 36.2 Å². The Kier molecular flexibility index (Phi) is 2.83. The molecule has 2 N–H and O–H groups in total. The summed E-state index contributed by atoms with van der Waals surface area (Å²) in [5.41, 5.74) is 8.27. The van der Waals surface area contributed by atoms with Crippen molar-refractivity contribution in [1.82, 2.24) is 9.55 Å². The third-order valence-corrected chi connectivity index (χ3v) is 2.57. The van der Waals surface area contributed by atoms with Crippen molar-refractivity contribution >= 4 is 0 Å². The van der Waals surface area contributed by atoms with Gasteiger partial charge in [-0.1, -0.05) is 29.8 Å². The molecule has 1 aromatic heterocycles. The van der Waals surface area contributed by atoms with Gasteiger partial charge in [-0.25, -0.2) is 4.98 Å². The van der Waals surface area contributed by atoms with E-state index in [0.717, 1.165) is 0 Å². The highest BCUT2D eigenvalue weighted by Gasteiger charge is 2.10. The Balaban J connectivity index is 2.31. The minimum atomic E-state index is 0.188. The molecular weight excluding hydrogens is 186 g/mol. The zero-order chi connectivity index (χ0) is 10.7. The van der Waals surface area contributed by atoms with E-state index in [1.54, 1.807) is 12.5 Å². The lowest BCUT2D eigenvalue weighted by Crippen LogP contribution is -2.19. The van der Waals surface area contributed by atoms with E-state index in [4.69, 9.17) is 5.73 Å². The van der Waals surface area contributed by atoms with Crippen molar-refractivity contribution in [1.29, 1.82) is 0 Å². The predicted octanol–water partition coefficient (Wildman–Crippen LogP) is 1.74. The lowest BCUT2D eigenvalue weighted by Gasteiger charge is -2.16. The molecule has 0 bridgehead atoms. The largest absolute Gasteiger partial charge is 0.329 e. The van der Waals surface area contributed by atoms with Crippen LogP contribution in [0.2, 0.25) is 0 Å². The average molecular weight is 201 g/mol. The molecule has 0 aliphatic carbocycles. The maximum atomic E-state index is 5.79. The van der Waals surface area contributed by atoms with Crippen LogP contribution in [-0.2, 0) is 0 Å². The number of benzene rings is 1. The molecule has 0 saturated heterocycles. The highest BCUT2D eigenvalue weighted by molar-refractivity contribution is 5.25. The van der Waals surface area contributed by atoms with Crippen LogP contribution in [-0.4, -0.2) is 16.1 Å². The summed E-state index contributed by atoms with van der Waals surface area (Å²) < 4.78 is 2.03. The summed E-state index contributed by atoms with van der Waals surface area (Å²) in [6.45, 7) is 2.66. The second-order valence-electron chi connectivity index (χ2n) is 3.67. The molecule has 2 aromatic rings. The maximum absolute atomic E-state index is 5.79. The number of rotatable bonds is 3. The Labute approximate surface area is 89.6 Å². The molecule has 1 unspecified atom stereocenters. The molecule has 0 spiro atoms. The maximum Gasteiger partial charge on any atom is 0.0952 e. The third-order valence-electron chi connectivity index (χ3n) is 2.57. The molecule has 1 heterocycles. The molecule has 1 atom stereocenters. The average Bonchev–Trinajstić information content (AvgIpc) is 2.75. The summed E-state index contributed by atoms with van der Waals surface area (Å²) in [6, 6.07) is 8.64. The molecule has 0 aliphatic rings. The Morgan fingerprint density at radius 1 is 1.33 bits per heavy atom. The van der Waals surface area contributed by atoms with Crippen LogP contribution >= 0.6 is 0 Å². The lowest BCUT2D eigenvalue weighted by molar-refractivity contribution is 0.594. The molecule has 0 aliphatic heterocycles. The van der Waals surface area contributed by atoms with Gasteiger partial charge in [0, 0.05) is 18.9 Å². The van der Waals surface area contributed by atoms with Crippen molar-refractivity contribution in [3.05, 3.63) is 54.1 Å². The van der Waals surface area contributed by atoms with E-state index in [9.17, 15) is 0 Å². The molecule has 78 valence electrons. The van der Waals surface area contributed by atoms with Gasteiger partial charge in [0.25, 0.3) is 0 Å². The minimum absolute atomic E-state index is 0.188. The molecule has 0 radical (unpaired) electrons. The van der Waals surface area contributed by atoms with Gasteiger partial charge in [-0.15, -0.1) is 0 Å². The standard InChI is InChI=1S/C12H15N3/c1-10-2-4-11(5-3-10)12(8-13)15-7-6-14-9-15/h2-7,9,12H,8,13H2,1H3. The van der Waals surface area contributed by atoms with Crippen molar-refractivity contribution in [2.24, 2.45) is 5.73 Å². The second kappa shape index (κ2) is 4.28. The van der Waals surface area contributed by atoms with Gasteiger partial charge in [-0.3, -0.25) is 0 Å². The van der Waals surface area contributed by atoms with Crippen molar-refractivity contribution in [2.75, 3.05) is 6.54 Å². The molecule has 0 saturated carbocycles. The van der Waals surface area contributed by atoms with Crippen LogP contribution in [0.3, 0.4) is 0 Å². The van der Waals surface area contributed by atoms with Gasteiger partial charge in [0.15, 0.2) is 0 Å². The molecule has 1 aromatic carbocycles. The van der Waals surface area contributed by atoms with Gasteiger partial charge < -0.3 is 10.3 Å². The van der Waals surface area contributed by atoms with Crippen molar-refractivity contribution in [2.45, 2.75) is 13.0 Å². The number of aromatic nitrogens is 2. The van der Waals surface area contributed by atoms with E-state index >= 15 is 0 Å². The van der Waals surface area contributed by atoms with Crippen LogP contribution in [0.4, 0.5) is 0 Å². The molecule has 3 heteroatoms. The quantitative estimate of drug-likeness (QED) is 0.822. The van der Waals surface area contributed by atoms with Crippen LogP contribution in [0.1, 0.15) is 17.2 Å². The fourth-order valence-corrected chi connectivity index (χ4v) is 1.67. The van der Waals surface area contributed by atoms with Crippen molar-refractivity contribution in [3.63, 3.8) is 0 Å². The molecule has 0 fully saturated rings. The summed E-state index contributed by atoms with van der Waals surface area (Å²) in [6.07, 6.45) is 5.52. The van der Waals surface area contributed by atoms with Crippen LogP contribution in [0.15, 0.2) is 43.0 Å². The Hall–Kier alpha value is -1.61. The Morgan fingerprint density at radius 2 is 2.07 bits per heavy atom. The zero-order valence-corrected chi connectivity index (χ0v) is 8.80. The Bertz CT molecular complexity index is 403. The van der Waals surface area contributed by atoms with Crippen LogP contribution in [0.25, 0.3) is 0 Å². The van der Waals surface area contributed by atoms with E-state index in [-0.39, 0.29) is 6.04 Å². The summed E-state index contributed by atoms with van der Waals surface area (Å²) in [5, 5.41) is 0. The molecule has 0 amide bonds. The third kappa shape index (κ3) is 2.07. The first-order valence-corrected chi connectivity index (χ1v) is 5.05. The molecular formula is C12H15N3. The zero-order valence-electron chi connectivity index (χ0n) is 8.80. The summed E-state index contributed by atoms with van der Waals surface area (Å²) in [4.78, 5) is 4.04. The topological polar surface area (TPSA) is 43.8 Å². The smallest absolute Gasteiger partial charge is 0.0952 e. The minimum Gasteiger partial charge on any atom is -0.329 e. The summed E-state index contributed by atoms with van der Waals surface area (Å²) in [7, 11) is 0. The first-order valence-electron chi connectivity index (χ1n) is 5.05. The highest BCUT2D eigenvalue weighted by Crippen LogP contribution is 2.17. The van der Waals surface area contributed by atoms with Crippen LogP contribution in [0.5, 0.6) is 0 Å². The first-order chi connectivity index (χ1) is 7.31. The molecule has 3 nitrogen and oxygen atoms in total. The highest BCUT2D eigenvalue weighted by atomic mass is 15.1. The van der Waals surface area contributed by atoms with Gasteiger partial charge in [-0.2, -0.15) is 0 Å². The van der Waals surface area contributed by atoms with E-state index in [0.29, 0.717) is 6.54 Å². The number of imidazole rings is 1. The normalized spacial score (nSPS) is 12.7. The Morgan fingerprint density at radius 3 is 2.60 bits per heavy atom. The number of nitrogens with two attached hydrogens (primary N) is 1. The summed E-state index contributed by atoms with van der Waals surface area (Å²) in [5.74, 6) is 0. The lowest BCUT2D eigenvalue weighted by atomic mass is 10.1. The molecule has 2 rings (SSSR count). The summed E-state index contributed by atoms with van der Waals surface area (Å²) >= 11 is 0. The van der Waals surface area contributed by atoms with E-state index in [1.165, 1.54) is 11.1 Å². The van der Waals surface area contributed by atoms with Crippen molar-refractivity contribution in [3.8, 4) is 0 Å². The van der Waals surface area contributed by atoms with E-state index in [1.807, 2.05) is 10.8 Å². The monoisotopic (exact) mass is 201 g/mol. The predicted molar refractivity (Wildman–Crippen MR) is 60.6 cm³/mol. The van der Waals surface area contributed by atoms with Gasteiger partial charge in [-0.05, 0) is 12.5 Å². The van der Waals surface area contributed by atoms with Crippen LogP contribution < -0.4 is 5.73 Å². The molecule has 15 heavy (non-hydrogen) atoms. The SMILES string of the molecule is Cc1ccc(C(CN)n2ccnc2)cc1. The van der Waals surface area contributed by atoms with Crippen molar-refractivity contribution < 1.29 is 0 Å². The van der Waals surface area contributed by atoms with E-state index < -0.39 is 0 Å². The number of nitrogens with zero attached hydrogens (tertiary/aromatic N) is 2. The second-order valence-corrected chi connectivity index (χ2v) is 3.67. The van der Waals surface area contributed by atoms with Gasteiger partial charge in [0.2, 0.25) is 0 Å². The van der Waals surface area contributed by atoms with Gasteiger partial charge >= 0.3 is 0 Å². The van der Waals surface area contributed by atoms with Crippen LogP contribution in [0, 0.1) is 6.92 Å². The first kappa shape index (κ1) is 9.93. The van der Waals surface area contributed by atoms with Gasteiger partial charge in [0.1, 0.15) is 0 Å². The fraction of sp³-hybridized carbons (Fsp3) is 0.250. The number of hydrogen-bond acceptors (Lipinski definition) is 2. The van der Waals surface area contributed by atoms with Gasteiger partial charge in [0.05, 0.1) is 12.4 Å².